The van der Waals surface area contributed by atoms with Crippen LogP contribution in [0.5, 0.6) is 0 Å². The summed E-state index contributed by atoms with van der Waals surface area (Å²) in [6.07, 6.45) is 13.7. The van der Waals surface area contributed by atoms with E-state index in [2.05, 4.69) is 14.2 Å². The Kier molecular flexibility index (Phi) is 17.3. The predicted molar refractivity (Wildman–Crippen MR) is 131 cm³/mol. The van der Waals surface area contributed by atoms with Gasteiger partial charge in [-0.25, -0.2) is 14.5 Å². The topological polar surface area (TPSA) is 160 Å². The Morgan fingerprint density at radius 2 is 0.946 bits per heavy atom. The van der Waals surface area contributed by atoms with Gasteiger partial charge in [-0.15, -0.1) is 0 Å². The number of carbonyl (C=O) groups excluding carboxylic acids is 3. The second-order valence-electron chi connectivity index (χ2n) is 8.75. The molecule has 0 aromatic rings. The van der Waals surface area contributed by atoms with Crippen LogP contribution in [0.1, 0.15) is 77.0 Å². The van der Waals surface area contributed by atoms with Crippen molar-refractivity contribution >= 4 is 18.0 Å². The average Bonchev–Trinajstić information content (AvgIpc) is 2.97. The maximum Gasteiger partial charge on any atom is 0.334 e. The molecular formula is C25H38N6O6. The van der Waals surface area contributed by atoms with Crippen LogP contribution < -0.4 is 0 Å². The SMILES string of the molecule is N#COCCCCCCN1CC(=O)N(CCCCCCOC#N)C(=O)N(CCCCCCOC#N)C1=O. The molecule has 1 heterocycles. The first-order chi connectivity index (χ1) is 18.1. The molecule has 1 saturated heterocycles. The molecule has 5 amide bonds. The number of rotatable bonds is 21. The van der Waals surface area contributed by atoms with Crippen LogP contribution in [-0.2, 0) is 19.0 Å². The lowest BCUT2D eigenvalue weighted by Gasteiger charge is -2.26. The van der Waals surface area contributed by atoms with Crippen LogP contribution in [0.3, 0.4) is 0 Å². The molecule has 0 atom stereocenters. The summed E-state index contributed by atoms with van der Waals surface area (Å²) in [5.41, 5.74) is 0. The molecule has 0 aliphatic carbocycles. The van der Waals surface area contributed by atoms with Crippen LogP contribution in [0.2, 0.25) is 0 Å². The largest absolute Gasteiger partial charge is 0.428 e. The zero-order valence-electron chi connectivity index (χ0n) is 21.6. The number of nitriles is 3. The maximum absolute atomic E-state index is 13.2. The Balaban J connectivity index is 2.67. The lowest BCUT2D eigenvalue weighted by molar-refractivity contribution is -0.128. The first-order valence-corrected chi connectivity index (χ1v) is 13.0. The highest BCUT2D eigenvalue weighted by Crippen LogP contribution is 2.16. The van der Waals surface area contributed by atoms with Crippen molar-refractivity contribution in [2.24, 2.45) is 0 Å². The van der Waals surface area contributed by atoms with Gasteiger partial charge in [-0.1, -0.05) is 19.3 Å². The summed E-state index contributed by atoms with van der Waals surface area (Å²) in [5, 5.41) is 25.2. The van der Waals surface area contributed by atoms with Crippen LogP contribution in [0.4, 0.5) is 9.59 Å². The van der Waals surface area contributed by atoms with Gasteiger partial charge in [-0.3, -0.25) is 9.69 Å². The smallest absolute Gasteiger partial charge is 0.334 e. The number of urea groups is 2. The van der Waals surface area contributed by atoms with Gasteiger partial charge in [0.25, 0.3) is 18.8 Å². The van der Waals surface area contributed by atoms with Gasteiger partial charge < -0.3 is 19.1 Å². The lowest BCUT2D eigenvalue weighted by atomic mass is 10.2. The van der Waals surface area contributed by atoms with Gasteiger partial charge in [0.1, 0.15) is 26.4 Å². The van der Waals surface area contributed by atoms with Crippen LogP contribution in [0.15, 0.2) is 0 Å². The van der Waals surface area contributed by atoms with Crippen molar-refractivity contribution in [2.45, 2.75) is 77.0 Å². The van der Waals surface area contributed by atoms with Crippen molar-refractivity contribution in [3.63, 3.8) is 0 Å². The molecule has 0 unspecified atom stereocenters. The molecule has 0 bridgehead atoms. The maximum atomic E-state index is 13.2. The van der Waals surface area contributed by atoms with Crippen molar-refractivity contribution in [3.8, 4) is 18.8 Å². The number of ether oxygens (including phenoxy) is 3. The average molecular weight is 519 g/mol. The van der Waals surface area contributed by atoms with Crippen LogP contribution in [0, 0.1) is 34.6 Å². The lowest BCUT2D eigenvalue weighted by Crippen LogP contribution is -2.48. The number of nitrogens with zero attached hydrogens (tertiary/aromatic N) is 6. The molecule has 1 rings (SSSR count). The highest BCUT2D eigenvalue weighted by atomic mass is 16.5. The van der Waals surface area contributed by atoms with E-state index in [0.29, 0.717) is 52.0 Å². The fourth-order valence-electron chi connectivity index (χ4n) is 3.97. The van der Waals surface area contributed by atoms with E-state index in [0.717, 1.165) is 51.4 Å². The Bertz CT molecular complexity index is 818. The van der Waals surface area contributed by atoms with Crippen LogP contribution >= 0.6 is 0 Å². The Labute approximate surface area is 219 Å². The van der Waals surface area contributed by atoms with E-state index >= 15 is 0 Å². The molecule has 0 aromatic carbocycles. The summed E-state index contributed by atoms with van der Waals surface area (Å²) < 4.78 is 14.0. The van der Waals surface area contributed by atoms with Crippen molar-refractivity contribution in [2.75, 3.05) is 46.0 Å². The molecular weight excluding hydrogens is 480 g/mol. The number of hydrogen-bond donors (Lipinski definition) is 0. The fourth-order valence-corrected chi connectivity index (χ4v) is 3.97. The summed E-state index contributed by atoms with van der Waals surface area (Å²) in [6.45, 7) is 1.74. The first-order valence-electron chi connectivity index (χ1n) is 13.0. The summed E-state index contributed by atoms with van der Waals surface area (Å²) >= 11 is 0. The quantitative estimate of drug-likeness (QED) is 0.162. The predicted octanol–water partition coefficient (Wildman–Crippen LogP) is 3.85. The molecule has 1 aliphatic rings. The third-order valence-electron chi connectivity index (χ3n) is 5.96. The number of hydrogen-bond acceptors (Lipinski definition) is 9. The second-order valence-corrected chi connectivity index (χ2v) is 8.75. The number of carbonyl (C=O) groups is 3. The molecule has 0 aromatic heterocycles. The highest BCUT2D eigenvalue weighted by Gasteiger charge is 2.37. The van der Waals surface area contributed by atoms with Crippen molar-refractivity contribution < 1.29 is 28.6 Å². The molecule has 0 spiro atoms. The van der Waals surface area contributed by atoms with Crippen LogP contribution in [0.25, 0.3) is 0 Å². The van der Waals surface area contributed by atoms with E-state index in [9.17, 15) is 14.4 Å². The normalized spacial score (nSPS) is 13.5. The summed E-state index contributed by atoms with van der Waals surface area (Å²) in [6, 6.07) is -1.03. The zero-order valence-corrected chi connectivity index (χ0v) is 21.6. The molecule has 37 heavy (non-hydrogen) atoms. The molecule has 1 fully saturated rings. The molecule has 0 saturated carbocycles. The molecule has 204 valence electrons. The molecule has 1 aliphatic heterocycles. The van der Waals surface area contributed by atoms with Gasteiger partial charge in [0, 0.05) is 19.6 Å². The standard InChI is InChI=1S/C25H38N6O6/c26-20-35-16-10-4-1-7-13-29-19-23(32)30(14-8-2-5-11-17-36-21-27)25(34)31(24(29)33)15-9-3-6-12-18-37-22-28/h1-19H2. The Hall–Kier alpha value is -3.72. The van der Waals surface area contributed by atoms with Gasteiger partial charge in [0.05, 0.1) is 0 Å². The monoisotopic (exact) mass is 518 g/mol. The van der Waals surface area contributed by atoms with Crippen molar-refractivity contribution in [1.29, 1.82) is 15.8 Å². The van der Waals surface area contributed by atoms with E-state index in [1.807, 2.05) is 0 Å². The minimum absolute atomic E-state index is 0.139. The van der Waals surface area contributed by atoms with Crippen LogP contribution in [-0.4, -0.2) is 78.7 Å². The Morgan fingerprint density at radius 1 is 0.541 bits per heavy atom. The third-order valence-corrected chi connectivity index (χ3v) is 5.96. The highest BCUT2D eigenvalue weighted by molar-refractivity contribution is 6.05. The van der Waals surface area contributed by atoms with E-state index in [4.69, 9.17) is 15.8 Å². The van der Waals surface area contributed by atoms with E-state index in [-0.39, 0.29) is 25.5 Å². The molecule has 12 nitrogen and oxygen atoms in total. The number of imide groups is 2. The van der Waals surface area contributed by atoms with Gasteiger partial charge in [0.15, 0.2) is 0 Å². The van der Waals surface area contributed by atoms with E-state index in [1.165, 1.54) is 14.7 Å². The van der Waals surface area contributed by atoms with Gasteiger partial charge in [-0.2, -0.15) is 15.8 Å². The molecule has 12 heteroatoms. The van der Waals surface area contributed by atoms with E-state index in [1.54, 1.807) is 18.8 Å². The number of unbranched alkanes of at least 4 members (excludes halogenated alkanes) is 9. The molecule has 0 radical (unpaired) electrons. The summed E-state index contributed by atoms with van der Waals surface area (Å²) in [7, 11) is 0. The second kappa shape index (κ2) is 20.5. The summed E-state index contributed by atoms with van der Waals surface area (Å²) in [4.78, 5) is 43.2. The number of amides is 5. The van der Waals surface area contributed by atoms with E-state index < -0.39 is 12.1 Å². The zero-order chi connectivity index (χ0) is 27.1. The van der Waals surface area contributed by atoms with Gasteiger partial charge >= 0.3 is 12.1 Å². The first kappa shape index (κ1) is 31.3. The fraction of sp³-hybridized carbons (Fsp3) is 0.760. The molecule has 0 N–H and O–H groups in total. The van der Waals surface area contributed by atoms with Gasteiger partial charge in [0.2, 0.25) is 5.91 Å². The van der Waals surface area contributed by atoms with Gasteiger partial charge in [-0.05, 0) is 57.8 Å². The third kappa shape index (κ3) is 13.2. The Morgan fingerprint density at radius 3 is 1.41 bits per heavy atom. The summed E-state index contributed by atoms with van der Waals surface area (Å²) in [5.74, 6) is -0.385. The minimum atomic E-state index is -0.577. The minimum Gasteiger partial charge on any atom is -0.428 e. The van der Waals surface area contributed by atoms with Crippen molar-refractivity contribution in [1.82, 2.24) is 14.7 Å². The van der Waals surface area contributed by atoms with Crippen molar-refractivity contribution in [3.05, 3.63) is 0 Å².